The van der Waals surface area contributed by atoms with Crippen molar-refractivity contribution in [3.05, 3.63) is 76.9 Å². The first-order chi connectivity index (χ1) is 18.6. The zero-order chi connectivity index (χ0) is 25.7. The van der Waals surface area contributed by atoms with E-state index in [1.807, 2.05) is 30.4 Å². The first-order valence-corrected chi connectivity index (χ1v) is 13.4. The summed E-state index contributed by atoms with van der Waals surface area (Å²) in [5.74, 6) is -0.222. The molecule has 2 aromatic rings. The lowest BCUT2D eigenvalue weighted by Gasteiger charge is -2.37. The number of ether oxygens (including phenoxy) is 3. The molecule has 7 rings (SSSR count). The van der Waals surface area contributed by atoms with E-state index in [1.165, 1.54) is 0 Å². The molecule has 38 heavy (non-hydrogen) atoms. The SMILES string of the molecule is O=C1c2ccccc2C(=O)c2c3c(cc(NCCCN4CCC5(CC4)OCCO5)c21)OC1C=CC=CC1=N3. The van der Waals surface area contributed by atoms with Crippen LogP contribution in [-0.2, 0) is 9.47 Å². The molecule has 2 aromatic carbocycles. The van der Waals surface area contributed by atoms with Gasteiger partial charge in [0.15, 0.2) is 23.5 Å². The molecule has 0 aromatic heterocycles. The van der Waals surface area contributed by atoms with Gasteiger partial charge in [0.2, 0.25) is 0 Å². The summed E-state index contributed by atoms with van der Waals surface area (Å²) < 4.78 is 17.9. The fourth-order valence-corrected chi connectivity index (χ4v) is 6.00. The predicted octanol–water partition coefficient (Wildman–Crippen LogP) is 4.06. The van der Waals surface area contributed by atoms with Crippen molar-refractivity contribution < 1.29 is 23.8 Å². The van der Waals surface area contributed by atoms with Crippen molar-refractivity contribution in [2.75, 3.05) is 44.7 Å². The number of aliphatic imine (C=N–C) groups is 1. The van der Waals surface area contributed by atoms with Gasteiger partial charge in [-0.05, 0) is 25.1 Å². The van der Waals surface area contributed by atoms with E-state index in [2.05, 4.69) is 10.2 Å². The third-order valence-electron chi connectivity index (χ3n) is 7.98. The highest BCUT2D eigenvalue weighted by molar-refractivity contribution is 6.32. The highest BCUT2D eigenvalue weighted by atomic mass is 16.7. The average molecular weight is 512 g/mol. The second kappa shape index (κ2) is 9.31. The Balaban J connectivity index is 1.14. The van der Waals surface area contributed by atoms with Crippen LogP contribution in [0.1, 0.15) is 51.1 Å². The number of fused-ring (bicyclic) bond motifs is 5. The summed E-state index contributed by atoms with van der Waals surface area (Å²) in [6.45, 7) is 4.83. The minimum absolute atomic E-state index is 0.167. The molecular formula is C30H29N3O5. The van der Waals surface area contributed by atoms with E-state index in [0.717, 1.165) is 44.6 Å². The second-order valence-corrected chi connectivity index (χ2v) is 10.3. The molecule has 0 amide bonds. The van der Waals surface area contributed by atoms with Crippen LogP contribution in [-0.4, -0.2) is 73.5 Å². The molecule has 3 aliphatic heterocycles. The number of benzene rings is 2. The number of carbonyl (C=O) groups excluding carboxylic acids is 2. The molecule has 3 heterocycles. The average Bonchev–Trinajstić information content (AvgIpc) is 3.41. The maximum absolute atomic E-state index is 13.7. The number of anilines is 1. The lowest BCUT2D eigenvalue weighted by Crippen LogP contribution is -2.45. The van der Waals surface area contributed by atoms with E-state index in [-0.39, 0.29) is 23.5 Å². The largest absolute Gasteiger partial charge is 0.478 e. The first kappa shape index (κ1) is 23.5. The molecule has 5 aliphatic rings. The number of hydrogen-bond donors (Lipinski definition) is 1. The maximum atomic E-state index is 13.7. The van der Waals surface area contributed by atoms with E-state index in [1.54, 1.807) is 24.3 Å². The molecular weight excluding hydrogens is 482 g/mol. The van der Waals surface area contributed by atoms with Crippen LogP contribution >= 0.6 is 0 Å². The van der Waals surface area contributed by atoms with Crippen molar-refractivity contribution >= 4 is 28.7 Å². The van der Waals surface area contributed by atoms with Gasteiger partial charge in [-0.25, -0.2) is 4.99 Å². The third-order valence-corrected chi connectivity index (χ3v) is 7.98. The van der Waals surface area contributed by atoms with Crippen LogP contribution in [0.2, 0.25) is 0 Å². The van der Waals surface area contributed by atoms with E-state index in [9.17, 15) is 9.59 Å². The molecule has 8 heteroatoms. The van der Waals surface area contributed by atoms with Gasteiger partial charge in [0.05, 0.1) is 30.1 Å². The normalized spacial score (nSPS) is 22.8. The van der Waals surface area contributed by atoms with Crippen molar-refractivity contribution in [3.8, 4) is 5.75 Å². The zero-order valence-electron chi connectivity index (χ0n) is 21.1. The standard InChI is InChI=1S/C30H29N3O5/c34-28-19-6-1-2-7-20(19)29(35)26-25(28)22(18-24-27(26)32-21-8-3-4-9-23(21)38-24)31-12-5-13-33-14-10-30(11-15-33)36-16-17-37-30/h1-4,6-9,18,23,31H,5,10-17H2. The minimum Gasteiger partial charge on any atom is -0.478 e. The van der Waals surface area contributed by atoms with Crippen LogP contribution in [0, 0.1) is 0 Å². The molecule has 8 nitrogen and oxygen atoms in total. The summed E-state index contributed by atoms with van der Waals surface area (Å²) in [5, 5.41) is 3.46. The van der Waals surface area contributed by atoms with E-state index in [4.69, 9.17) is 19.2 Å². The van der Waals surface area contributed by atoms with Gasteiger partial charge in [-0.2, -0.15) is 0 Å². The summed E-state index contributed by atoms with van der Waals surface area (Å²) in [6.07, 6.45) is 9.98. The number of likely N-dealkylation sites (tertiary alicyclic amines) is 1. The van der Waals surface area contributed by atoms with Crippen LogP contribution in [0.4, 0.5) is 11.4 Å². The Hall–Kier alpha value is -3.59. The molecule has 2 saturated heterocycles. The summed E-state index contributed by atoms with van der Waals surface area (Å²) in [6, 6.07) is 8.83. The van der Waals surface area contributed by atoms with E-state index >= 15 is 0 Å². The summed E-state index contributed by atoms with van der Waals surface area (Å²) in [5.41, 5.74) is 3.30. The van der Waals surface area contributed by atoms with Crippen LogP contribution in [0.25, 0.3) is 0 Å². The molecule has 0 saturated carbocycles. The van der Waals surface area contributed by atoms with Gasteiger partial charge >= 0.3 is 0 Å². The number of ketones is 2. The van der Waals surface area contributed by atoms with Gasteiger partial charge in [0, 0.05) is 55.4 Å². The van der Waals surface area contributed by atoms with E-state index < -0.39 is 0 Å². The lowest BCUT2D eigenvalue weighted by atomic mass is 9.81. The molecule has 1 spiro atoms. The highest BCUT2D eigenvalue weighted by Crippen LogP contribution is 2.46. The smallest absolute Gasteiger partial charge is 0.196 e. The molecule has 2 aliphatic carbocycles. The fraction of sp³-hybridized carbons (Fsp3) is 0.367. The topological polar surface area (TPSA) is 89.5 Å². The van der Waals surface area contributed by atoms with Crippen molar-refractivity contribution in [2.24, 2.45) is 4.99 Å². The minimum atomic E-state index is -0.369. The molecule has 2 fully saturated rings. The zero-order valence-corrected chi connectivity index (χ0v) is 21.1. The quantitative estimate of drug-likeness (QED) is 0.517. The Morgan fingerprint density at radius 2 is 1.74 bits per heavy atom. The first-order valence-electron chi connectivity index (χ1n) is 13.4. The summed E-state index contributed by atoms with van der Waals surface area (Å²) in [7, 11) is 0. The second-order valence-electron chi connectivity index (χ2n) is 10.3. The Bertz CT molecular complexity index is 1410. The monoisotopic (exact) mass is 511 g/mol. The Morgan fingerprint density at radius 1 is 1.00 bits per heavy atom. The third kappa shape index (κ3) is 3.91. The number of carbonyl (C=O) groups is 2. The summed E-state index contributed by atoms with van der Waals surface area (Å²) in [4.78, 5) is 34.6. The van der Waals surface area contributed by atoms with Crippen molar-refractivity contribution in [3.63, 3.8) is 0 Å². The Labute approximate surface area is 221 Å². The van der Waals surface area contributed by atoms with Gasteiger partial charge in [-0.15, -0.1) is 0 Å². The van der Waals surface area contributed by atoms with Crippen LogP contribution < -0.4 is 10.1 Å². The molecule has 1 unspecified atom stereocenters. The van der Waals surface area contributed by atoms with Gasteiger partial charge in [-0.1, -0.05) is 36.4 Å². The van der Waals surface area contributed by atoms with Crippen LogP contribution in [0.5, 0.6) is 5.75 Å². The van der Waals surface area contributed by atoms with Crippen LogP contribution in [0.15, 0.2) is 59.6 Å². The van der Waals surface area contributed by atoms with Crippen LogP contribution in [0.3, 0.4) is 0 Å². The van der Waals surface area contributed by atoms with Crippen molar-refractivity contribution in [1.82, 2.24) is 4.90 Å². The van der Waals surface area contributed by atoms with E-state index in [0.29, 0.717) is 59.1 Å². The molecule has 1 atom stereocenters. The fourth-order valence-electron chi connectivity index (χ4n) is 6.00. The van der Waals surface area contributed by atoms with Gasteiger partial charge in [-0.3, -0.25) is 9.59 Å². The highest BCUT2D eigenvalue weighted by Gasteiger charge is 2.40. The lowest BCUT2D eigenvalue weighted by molar-refractivity contribution is -0.185. The van der Waals surface area contributed by atoms with Crippen molar-refractivity contribution in [1.29, 1.82) is 0 Å². The Kier molecular flexibility index (Phi) is 5.76. The maximum Gasteiger partial charge on any atom is 0.196 e. The number of piperidine rings is 1. The van der Waals surface area contributed by atoms with Gasteiger partial charge in [0.1, 0.15) is 11.4 Å². The Morgan fingerprint density at radius 3 is 2.50 bits per heavy atom. The molecule has 1 N–H and O–H groups in total. The number of nitrogens with zero attached hydrogens (tertiary/aromatic N) is 2. The number of allylic oxidation sites excluding steroid dienone is 2. The predicted molar refractivity (Wildman–Crippen MR) is 143 cm³/mol. The molecule has 194 valence electrons. The number of nitrogens with one attached hydrogen (secondary N) is 1. The van der Waals surface area contributed by atoms with Crippen molar-refractivity contribution in [2.45, 2.75) is 31.2 Å². The summed E-state index contributed by atoms with van der Waals surface area (Å²) >= 11 is 0. The molecule has 0 radical (unpaired) electrons. The van der Waals surface area contributed by atoms with Gasteiger partial charge < -0.3 is 24.4 Å². The number of hydrogen-bond acceptors (Lipinski definition) is 8. The number of rotatable bonds is 5. The van der Waals surface area contributed by atoms with Gasteiger partial charge in [0.25, 0.3) is 0 Å². The molecule has 0 bridgehead atoms.